The summed E-state index contributed by atoms with van der Waals surface area (Å²) < 4.78 is 16.9. The SMILES string of the molecule is CCc1nn(C)c(CNc2cc(F)ccc2Br)c1Br. The lowest BCUT2D eigenvalue weighted by atomic mass is 10.3. The molecule has 0 spiro atoms. The summed E-state index contributed by atoms with van der Waals surface area (Å²) in [5.41, 5.74) is 2.79. The van der Waals surface area contributed by atoms with E-state index in [4.69, 9.17) is 0 Å². The van der Waals surface area contributed by atoms with Crippen molar-refractivity contribution >= 4 is 37.5 Å². The normalized spacial score (nSPS) is 10.8. The Hall–Kier alpha value is -0.880. The molecule has 0 radical (unpaired) electrons. The maximum atomic E-state index is 13.2. The Morgan fingerprint density at radius 1 is 1.37 bits per heavy atom. The standard InChI is InChI=1S/C13H14Br2FN3/c1-3-10-13(15)12(19(2)18-10)7-17-11-6-8(16)4-5-9(11)14/h4-6,17H,3,7H2,1-2H3. The highest BCUT2D eigenvalue weighted by Gasteiger charge is 2.12. The molecule has 2 rings (SSSR count). The molecule has 3 nitrogen and oxygen atoms in total. The monoisotopic (exact) mass is 389 g/mol. The predicted octanol–water partition coefficient (Wildman–Crippen LogP) is 4.26. The Balaban J connectivity index is 2.19. The summed E-state index contributed by atoms with van der Waals surface area (Å²) in [5.74, 6) is -0.260. The van der Waals surface area contributed by atoms with Crippen LogP contribution in [0.25, 0.3) is 0 Å². The van der Waals surface area contributed by atoms with Gasteiger partial charge in [0.05, 0.1) is 28.1 Å². The zero-order chi connectivity index (χ0) is 14.0. The van der Waals surface area contributed by atoms with Gasteiger partial charge in [-0.05, 0) is 56.5 Å². The first kappa shape index (κ1) is 14.5. The fourth-order valence-electron chi connectivity index (χ4n) is 1.82. The third-order valence-electron chi connectivity index (χ3n) is 2.88. The minimum Gasteiger partial charge on any atom is -0.378 e. The number of aryl methyl sites for hydroxylation is 2. The highest BCUT2D eigenvalue weighted by Crippen LogP contribution is 2.26. The van der Waals surface area contributed by atoms with Crippen LogP contribution in [0.5, 0.6) is 0 Å². The average molecular weight is 391 g/mol. The van der Waals surface area contributed by atoms with Crippen molar-refractivity contribution in [2.24, 2.45) is 7.05 Å². The van der Waals surface area contributed by atoms with Gasteiger partial charge in [0.1, 0.15) is 5.82 Å². The second-order valence-electron chi connectivity index (χ2n) is 4.16. The Morgan fingerprint density at radius 3 is 2.74 bits per heavy atom. The first-order chi connectivity index (χ1) is 9.02. The van der Waals surface area contributed by atoms with Gasteiger partial charge >= 0.3 is 0 Å². The Bertz CT molecular complexity index is 596. The smallest absolute Gasteiger partial charge is 0.125 e. The van der Waals surface area contributed by atoms with Crippen molar-refractivity contribution in [1.29, 1.82) is 0 Å². The summed E-state index contributed by atoms with van der Waals surface area (Å²) in [7, 11) is 1.90. The number of halogens is 3. The van der Waals surface area contributed by atoms with Gasteiger partial charge in [0.2, 0.25) is 0 Å². The Morgan fingerprint density at radius 2 is 2.11 bits per heavy atom. The fourth-order valence-corrected chi connectivity index (χ4v) is 2.97. The van der Waals surface area contributed by atoms with E-state index >= 15 is 0 Å². The summed E-state index contributed by atoms with van der Waals surface area (Å²) in [6.07, 6.45) is 0.873. The van der Waals surface area contributed by atoms with Gasteiger partial charge in [0.25, 0.3) is 0 Å². The van der Waals surface area contributed by atoms with Crippen molar-refractivity contribution < 1.29 is 4.39 Å². The zero-order valence-electron chi connectivity index (χ0n) is 10.7. The first-order valence-corrected chi connectivity index (χ1v) is 7.50. The number of nitrogens with one attached hydrogen (secondary N) is 1. The highest BCUT2D eigenvalue weighted by molar-refractivity contribution is 9.11. The van der Waals surface area contributed by atoms with E-state index in [1.165, 1.54) is 12.1 Å². The van der Waals surface area contributed by atoms with Crippen LogP contribution in [-0.4, -0.2) is 9.78 Å². The molecule has 0 amide bonds. The molecule has 0 aliphatic carbocycles. The lowest BCUT2D eigenvalue weighted by molar-refractivity contribution is 0.628. The molecule has 0 fully saturated rings. The summed E-state index contributed by atoms with van der Waals surface area (Å²) in [5, 5.41) is 7.64. The maximum Gasteiger partial charge on any atom is 0.125 e. The van der Waals surface area contributed by atoms with E-state index in [2.05, 4.69) is 49.2 Å². The third kappa shape index (κ3) is 3.17. The maximum absolute atomic E-state index is 13.2. The summed E-state index contributed by atoms with van der Waals surface area (Å²) in [6.45, 7) is 2.64. The molecule has 1 aromatic carbocycles. The largest absolute Gasteiger partial charge is 0.378 e. The quantitative estimate of drug-likeness (QED) is 0.845. The molecule has 0 atom stereocenters. The van der Waals surface area contributed by atoms with Gasteiger partial charge in [-0.3, -0.25) is 4.68 Å². The number of aromatic nitrogens is 2. The van der Waals surface area contributed by atoms with Crippen molar-refractivity contribution in [3.05, 3.63) is 44.3 Å². The van der Waals surface area contributed by atoms with Crippen LogP contribution in [0.15, 0.2) is 27.1 Å². The number of anilines is 1. The molecule has 0 saturated carbocycles. The molecule has 6 heteroatoms. The summed E-state index contributed by atoms with van der Waals surface area (Å²) in [4.78, 5) is 0. The number of benzene rings is 1. The fraction of sp³-hybridized carbons (Fsp3) is 0.308. The van der Waals surface area contributed by atoms with Crippen LogP contribution in [-0.2, 0) is 20.0 Å². The van der Waals surface area contributed by atoms with Gasteiger partial charge in [-0.2, -0.15) is 5.10 Å². The van der Waals surface area contributed by atoms with E-state index in [0.717, 1.165) is 32.4 Å². The Kier molecular flexibility index (Phi) is 4.62. The molecule has 1 heterocycles. The van der Waals surface area contributed by atoms with Gasteiger partial charge in [-0.25, -0.2) is 4.39 Å². The van der Waals surface area contributed by atoms with Crippen LogP contribution < -0.4 is 5.32 Å². The Labute approximate surface area is 128 Å². The van der Waals surface area contributed by atoms with E-state index in [1.54, 1.807) is 6.07 Å². The van der Waals surface area contributed by atoms with E-state index in [9.17, 15) is 4.39 Å². The van der Waals surface area contributed by atoms with Crippen LogP contribution in [0.1, 0.15) is 18.3 Å². The lowest BCUT2D eigenvalue weighted by Crippen LogP contribution is -2.06. The molecule has 19 heavy (non-hydrogen) atoms. The van der Waals surface area contributed by atoms with Gasteiger partial charge in [-0.1, -0.05) is 6.92 Å². The second-order valence-corrected chi connectivity index (χ2v) is 5.81. The number of hydrogen-bond donors (Lipinski definition) is 1. The molecule has 1 aromatic heterocycles. The third-order valence-corrected chi connectivity index (χ3v) is 4.48. The second kappa shape index (κ2) is 6.05. The lowest BCUT2D eigenvalue weighted by Gasteiger charge is -2.09. The van der Waals surface area contributed by atoms with E-state index < -0.39 is 0 Å². The molecular weight excluding hydrogens is 377 g/mol. The number of hydrogen-bond acceptors (Lipinski definition) is 2. The van der Waals surface area contributed by atoms with E-state index in [-0.39, 0.29) is 5.82 Å². The molecule has 1 N–H and O–H groups in total. The number of rotatable bonds is 4. The van der Waals surface area contributed by atoms with Crippen LogP contribution >= 0.6 is 31.9 Å². The molecular formula is C13H14Br2FN3. The van der Waals surface area contributed by atoms with Crippen LogP contribution in [0.2, 0.25) is 0 Å². The molecule has 0 bridgehead atoms. The number of nitrogens with zero attached hydrogens (tertiary/aromatic N) is 2. The van der Waals surface area contributed by atoms with Gasteiger partial charge in [0.15, 0.2) is 0 Å². The van der Waals surface area contributed by atoms with Gasteiger partial charge < -0.3 is 5.32 Å². The van der Waals surface area contributed by atoms with Crippen molar-refractivity contribution in [1.82, 2.24) is 9.78 Å². The van der Waals surface area contributed by atoms with Crippen molar-refractivity contribution in [3.63, 3.8) is 0 Å². The van der Waals surface area contributed by atoms with E-state index in [0.29, 0.717) is 6.54 Å². The molecule has 0 unspecified atom stereocenters. The summed E-state index contributed by atoms with van der Waals surface area (Å²) >= 11 is 6.96. The van der Waals surface area contributed by atoms with Crippen molar-refractivity contribution in [2.45, 2.75) is 19.9 Å². The van der Waals surface area contributed by atoms with Gasteiger partial charge in [0, 0.05) is 11.5 Å². The molecule has 0 aliphatic heterocycles. The highest BCUT2D eigenvalue weighted by atomic mass is 79.9. The average Bonchev–Trinajstić information content (AvgIpc) is 2.66. The molecule has 0 saturated heterocycles. The molecule has 0 aliphatic rings. The predicted molar refractivity (Wildman–Crippen MR) is 81.7 cm³/mol. The van der Waals surface area contributed by atoms with Crippen LogP contribution in [0, 0.1) is 5.82 Å². The van der Waals surface area contributed by atoms with E-state index in [1.807, 2.05) is 11.7 Å². The van der Waals surface area contributed by atoms with Crippen molar-refractivity contribution in [2.75, 3.05) is 5.32 Å². The van der Waals surface area contributed by atoms with Crippen LogP contribution in [0.4, 0.5) is 10.1 Å². The first-order valence-electron chi connectivity index (χ1n) is 5.92. The zero-order valence-corrected chi connectivity index (χ0v) is 13.8. The van der Waals surface area contributed by atoms with Crippen LogP contribution in [0.3, 0.4) is 0 Å². The minimum absolute atomic E-state index is 0.260. The summed E-state index contributed by atoms with van der Waals surface area (Å²) in [6, 6.07) is 4.58. The topological polar surface area (TPSA) is 29.9 Å². The van der Waals surface area contributed by atoms with Crippen molar-refractivity contribution in [3.8, 4) is 0 Å². The molecule has 102 valence electrons. The molecule has 2 aromatic rings. The minimum atomic E-state index is -0.260. The van der Waals surface area contributed by atoms with Gasteiger partial charge in [-0.15, -0.1) is 0 Å².